The molecule has 0 aromatic rings. The second kappa shape index (κ2) is 7.42. The summed E-state index contributed by atoms with van der Waals surface area (Å²) < 4.78 is 12.2. The minimum absolute atomic E-state index is 0.00779. The highest BCUT2D eigenvalue weighted by Gasteiger charge is 2.69. The van der Waals surface area contributed by atoms with Gasteiger partial charge in [0.25, 0.3) is 0 Å². The van der Waals surface area contributed by atoms with Crippen LogP contribution in [0.15, 0.2) is 11.6 Å². The maximum absolute atomic E-state index is 13.7. The SMILES string of the molecule is CC12CCC(=O)C=C1CC(C(=O)OC1CCCC1)C1C2CCC2(C)C1CC[C@@]21CCC(=O)O1. The van der Waals surface area contributed by atoms with Gasteiger partial charge in [0.05, 0.1) is 5.92 Å². The number of ketones is 1. The Bertz CT molecular complexity index is 915. The van der Waals surface area contributed by atoms with Crippen molar-refractivity contribution in [1.82, 2.24) is 0 Å². The van der Waals surface area contributed by atoms with Gasteiger partial charge >= 0.3 is 11.9 Å². The average Bonchev–Trinajstić information content (AvgIpc) is 3.49. The van der Waals surface area contributed by atoms with Crippen LogP contribution in [0.25, 0.3) is 0 Å². The molecule has 1 spiro atoms. The summed E-state index contributed by atoms with van der Waals surface area (Å²) in [6, 6.07) is 0. The molecule has 5 nitrogen and oxygen atoms in total. The van der Waals surface area contributed by atoms with Crippen LogP contribution in [0.1, 0.15) is 97.3 Å². The van der Waals surface area contributed by atoms with Crippen molar-refractivity contribution in [1.29, 1.82) is 0 Å². The summed E-state index contributed by atoms with van der Waals surface area (Å²) in [5, 5.41) is 0. The van der Waals surface area contributed by atoms with E-state index in [0.717, 1.165) is 64.2 Å². The van der Waals surface area contributed by atoms with E-state index in [1.165, 1.54) is 5.57 Å². The molecule has 0 bridgehead atoms. The van der Waals surface area contributed by atoms with Gasteiger partial charge in [0, 0.05) is 18.3 Å². The van der Waals surface area contributed by atoms with E-state index in [2.05, 4.69) is 13.8 Å². The first-order valence-electron chi connectivity index (χ1n) is 13.4. The number of rotatable bonds is 2. The van der Waals surface area contributed by atoms with Crippen molar-refractivity contribution in [2.45, 2.75) is 109 Å². The Balaban J connectivity index is 1.38. The van der Waals surface area contributed by atoms with Gasteiger partial charge in [0.2, 0.25) is 0 Å². The Labute approximate surface area is 197 Å². The number of hydrogen-bond acceptors (Lipinski definition) is 5. The van der Waals surface area contributed by atoms with Crippen molar-refractivity contribution in [3.63, 3.8) is 0 Å². The van der Waals surface area contributed by atoms with E-state index in [-0.39, 0.29) is 52.1 Å². The van der Waals surface area contributed by atoms with Crippen molar-refractivity contribution in [3.05, 3.63) is 11.6 Å². The fourth-order valence-electron chi connectivity index (χ4n) is 9.36. The number of hydrogen-bond donors (Lipinski definition) is 0. The van der Waals surface area contributed by atoms with E-state index < -0.39 is 0 Å². The number of carbonyl (C=O) groups excluding carboxylic acids is 3. The average molecular weight is 455 g/mol. The molecule has 0 amide bonds. The van der Waals surface area contributed by atoms with E-state index in [1.54, 1.807) is 0 Å². The molecule has 6 rings (SSSR count). The van der Waals surface area contributed by atoms with E-state index in [4.69, 9.17) is 9.47 Å². The zero-order chi connectivity index (χ0) is 23.0. The molecule has 5 heteroatoms. The Morgan fingerprint density at radius 3 is 2.45 bits per heavy atom. The Morgan fingerprint density at radius 1 is 0.970 bits per heavy atom. The fourth-order valence-corrected chi connectivity index (χ4v) is 9.36. The van der Waals surface area contributed by atoms with Crippen LogP contribution in [0.3, 0.4) is 0 Å². The smallest absolute Gasteiger partial charge is 0.309 e. The zero-order valence-electron chi connectivity index (χ0n) is 20.2. The molecule has 1 aliphatic heterocycles. The molecule has 0 radical (unpaired) electrons. The summed E-state index contributed by atoms with van der Waals surface area (Å²) in [5.41, 5.74) is 0.761. The highest BCUT2D eigenvalue weighted by atomic mass is 16.6. The lowest BCUT2D eigenvalue weighted by Crippen LogP contribution is -2.58. The van der Waals surface area contributed by atoms with Gasteiger partial charge in [-0.15, -0.1) is 0 Å². The molecular formula is C28H38O5. The number of fused-ring (bicyclic) bond motifs is 6. The van der Waals surface area contributed by atoms with Crippen LogP contribution in [0.2, 0.25) is 0 Å². The predicted molar refractivity (Wildman–Crippen MR) is 122 cm³/mol. The summed E-state index contributed by atoms with van der Waals surface area (Å²) in [7, 11) is 0. The topological polar surface area (TPSA) is 69.7 Å². The van der Waals surface area contributed by atoms with Crippen LogP contribution in [0.4, 0.5) is 0 Å². The highest BCUT2D eigenvalue weighted by Crippen LogP contribution is 2.70. The lowest BCUT2D eigenvalue weighted by Gasteiger charge is -2.60. The van der Waals surface area contributed by atoms with Crippen LogP contribution in [-0.2, 0) is 23.9 Å². The lowest BCUT2D eigenvalue weighted by atomic mass is 9.44. The van der Waals surface area contributed by atoms with E-state index in [1.807, 2.05) is 6.08 Å². The zero-order valence-corrected chi connectivity index (χ0v) is 20.2. The van der Waals surface area contributed by atoms with Crippen molar-refractivity contribution in [2.75, 3.05) is 0 Å². The van der Waals surface area contributed by atoms with Crippen LogP contribution in [0, 0.1) is 34.5 Å². The summed E-state index contributed by atoms with van der Waals surface area (Å²) in [5.74, 6) is 0.928. The molecule has 5 aliphatic carbocycles. The molecule has 1 heterocycles. The molecule has 7 atom stereocenters. The summed E-state index contributed by atoms with van der Waals surface area (Å²) in [6.45, 7) is 4.70. The summed E-state index contributed by atoms with van der Waals surface area (Å²) >= 11 is 0. The Morgan fingerprint density at radius 2 is 1.73 bits per heavy atom. The third-order valence-corrected chi connectivity index (χ3v) is 11.2. The van der Waals surface area contributed by atoms with Gasteiger partial charge in [-0.05, 0) is 99.9 Å². The molecular weight excluding hydrogens is 416 g/mol. The van der Waals surface area contributed by atoms with Gasteiger partial charge in [0.15, 0.2) is 5.78 Å². The third kappa shape index (κ3) is 3.06. The van der Waals surface area contributed by atoms with Crippen LogP contribution >= 0.6 is 0 Å². The second-order valence-electron chi connectivity index (χ2n) is 12.5. The minimum Gasteiger partial charge on any atom is -0.462 e. The molecule has 180 valence electrons. The van der Waals surface area contributed by atoms with Crippen molar-refractivity contribution in [2.24, 2.45) is 34.5 Å². The Hall–Kier alpha value is -1.65. The molecule has 0 N–H and O–H groups in total. The first kappa shape index (κ1) is 21.9. The van der Waals surface area contributed by atoms with Crippen LogP contribution in [0.5, 0.6) is 0 Å². The van der Waals surface area contributed by atoms with Crippen molar-refractivity contribution < 1.29 is 23.9 Å². The largest absolute Gasteiger partial charge is 0.462 e. The number of ether oxygens (including phenoxy) is 2. The number of carbonyl (C=O) groups is 3. The quantitative estimate of drug-likeness (QED) is 0.529. The van der Waals surface area contributed by atoms with Gasteiger partial charge in [-0.2, -0.15) is 0 Å². The second-order valence-corrected chi connectivity index (χ2v) is 12.5. The summed E-state index contributed by atoms with van der Waals surface area (Å²) in [4.78, 5) is 38.3. The molecule has 1 saturated heterocycles. The van der Waals surface area contributed by atoms with Gasteiger partial charge < -0.3 is 9.47 Å². The first-order chi connectivity index (χ1) is 15.8. The number of esters is 2. The maximum Gasteiger partial charge on any atom is 0.309 e. The van der Waals surface area contributed by atoms with E-state index in [0.29, 0.717) is 31.1 Å². The fraction of sp³-hybridized carbons (Fsp3) is 0.821. The van der Waals surface area contributed by atoms with Crippen molar-refractivity contribution in [3.8, 4) is 0 Å². The molecule has 0 aromatic heterocycles. The highest BCUT2D eigenvalue weighted by molar-refractivity contribution is 5.92. The van der Waals surface area contributed by atoms with Crippen LogP contribution < -0.4 is 0 Å². The van der Waals surface area contributed by atoms with Gasteiger partial charge in [-0.25, -0.2) is 0 Å². The maximum atomic E-state index is 13.7. The molecule has 33 heavy (non-hydrogen) atoms. The van der Waals surface area contributed by atoms with Gasteiger partial charge in [0.1, 0.15) is 11.7 Å². The van der Waals surface area contributed by atoms with E-state index >= 15 is 0 Å². The monoisotopic (exact) mass is 454 g/mol. The van der Waals surface area contributed by atoms with Gasteiger partial charge in [-0.3, -0.25) is 14.4 Å². The molecule has 0 aromatic carbocycles. The molecule has 4 saturated carbocycles. The number of allylic oxidation sites excluding steroid dienone is 1. The van der Waals surface area contributed by atoms with Crippen LogP contribution in [-0.4, -0.2) is 29.4 Å². The predicted octanol–water partition coefficient (Wildman–Crippen LogP) is 5.31. The molecule has 6 aliphatic rings. The van der Waals surface area contributed by atoms with E-state index in [9.17, 15) is 14.4 Å². The first-order valence-corrected chi connectivity index (χ1v) is 13.4. The minimum atomic E-state index is -0.348. The standard InChI is InChI=1S/C28H38O5/c1-26-11-7-18(29)15-17(26)16-20(25(31)32-19-5-3-4-6-19)24-21(26)8-12-27(2)22(24)9-13-28(27)14-10-23(30)33-28/h15,19-22,24H,3-14,16H2,1-2H3/t20?,21?,22?,24?,26?,27?,28-/m1/s1. The summed E-state index contributed by atoms with van der Waals surface area (Å²) in [6.07, 6.45) is 13.7. The molecule has 5 fully saturated rings. The Kier molecular flexibility index (Phi) is 4.92. The lowest BCUT2D eigenvalue weighted by molar-refractivity contribution is -0.180. The molecule has 6 unspecified atom stereocenters. The normalized spacial score (nSPS) is 47.0. The van der Waals surface area contributed by atoms with Crippen molar-refractivity contribution >= 4 is 17.7 Å². The third-order valence-electron chi connectivity index (χ3n) is 11.2. The van der Waals surface area contributed by atoms with Gasteiger partial charge in [-0.1, -0.05) is 19.4 Å².